The second kappa shape index (κ2) is 8.82. The fourth-order valence-corrected chi connectivity index (χ4v) is 3.31. The molecule has 1 N–H and O–H groups in total. The molecule has 1 aliphatic heterocycles. The van der Waals surface area contributed by atoms with Gasteiger partial charge in [-0.2, -0.15) is 0 Å². The summed E-state index contributed by atoms with van der Waals surface area (Å²) in [6.07, 6.45) is 0.309. The average Bonchev–Trinajstić information content (AvgIpc) is 3.06. The predicted molar refractivity (Wildman–Crippen MR) is 107 cm³/mol. The maximum atomic E-state index is 12.5. The van der Waals surface area contributed by atoms with Gasteiger partial charge in [0.15, 0.2) is 0 Å². The van der Waals surface area contributed by atoms with Crippen LogP contribution in [0.25, 0.3) is 11.1 Å². The van der Waals surface area contributed by atoms with Gasteiger partial charge in [0.2, 0.25) is 11.8 Å². The Bertz CT molecular complexity index is 789. The summed E-state index contributed by atoms with van der Waals surface area (Å²) in [7, 11) is 3.96. The van der Waals surface area contributed by atoms with Crippen molar-refractivity contribution >= 4 is 11.8 Å². The lowest BCUT2D eigenvalue weighted by molar-refractivity contribution is -0.129. The van der Waals surface area contributed by atoms with Gasteiger partial charge in [0, 0.05) is 32.6 Å². The van der Waals surface area contributed by atoms with Crippen LogP contribution in [0.1, 0.15) is 12.0 Å². The molecule has 1 fully saturated rings. The van der Waals surface area contributed by atoms with E-state index in [0.717, 1.165) is 23.2 Å². The van der Waals surface area contributed by atoms with Crippen molar-refractivity contribution in [2.24, 2.45) is 5.92 Å². The van der Waals surface area contributed by atoms with Crippen LogP contribution in [0.2, 0.25) is 0 Å². The molecule has 3 rings (SSSR count). The fraction of sp³-hybridized carbons (Fsp3) is 0.364. The molecular weight excluding hydrogens is 338 g/mol. The van der Waals surface area contributed by atoms with Crippen molar-refractivity contribution in [2.75, 3.05) is 33.7 Å². The van der Waals surface area contributed by atoms with Crippen LogP contribution in [-0.4, -0.2) is 55.3 Å². The first-order valence-electron chi connectivity index (χ1n) is 9.37. The fourth-order valence-electron chi connectivity index (χ4n) is 3.31. The molecule has 5 heteroatoms. The largest absolute Gasteiger partial charge is 0.352 e. The van der Waals surface area contributed by atoms with Crippen LogP contribution < -0.4 is 5.32 Å². The number of nitrogens with zero attached hydrogens (tertiary/aromatic N) is 2. The second-order valence-electron chi connectivity index (χ2n) is 7.33. The second-order valence-corrected chi connectivity index (χ2v) is 7.33. The molecule has 1 aliphatic rings. The Morgan fingerprint density at radius 1 is 1.11 bits per heavy atom. The van der Waals surface area contributed by atoms with E-state index in [2.05, 4.69) is 29.6 Å². The van der Waals surface area contributed by atoms with Crippen molar-refractivity contribution in [3.8, 4) is 11.1 Å². The minimum absolute atomic E-state index is 0.0409. The zero-order chi connectivity index (χ0) is 19.2. The molecular formula is C22H27N3O2. The van der Waals surface area contributed by atoms with Crippen molar-refractivity contribution in [1.29, 1.82) is 0 Å². The van der Waals surface area contributed by atoms with Gasteiger partial charge in [-0.1, -0.05) is 48.5 Å². The monoisotopic (exact) mass is 365 g/mol. The number of carbonyl (C=O) groups is 2. The van der Waals surface area contributed by atoms with Crippen LogP contribution in [0.15, 0.2) is 54.6 Å². The van der Waals surface area contributed by atoms with Gasteiger partial charge in [0.1, 0.15) is 0 Å². The normalized spacial score (nSPS) is 16.8. The van der Waals surface area contributed by atoms with E-state index in [9.17, 15) is 9.59 Å². The first-order valence-corrected chi connectivity index (χ1v) is 9.37. The Morgan fingerprint density at radius 3 is 2.59 bits per heavy atom. The molecule has 27 heavy (non-hydrogen) atoms. The molecule has 0 aromatic heterocycles. The lowest BCUT2D eigenvalue weighted by atomic mass is 10.0. The molecule has 2 aromatic carbocycles. The van der Waals surface area contributed by atoms with Gasteiger partial charge < -0.3 is 15.1 Å². The smallest absolute Gasteiger partial charge is 0.225 e. The number of amides is 2. The van der Waals surface area contributed by atoms with Gasteiger partial charge in [-0.25, -0.2) is 0 Å². The van der Waals surface area contributed by atoms with Crippen molar-refractivity contribution < 1.29 is 9.59 Å². The number of likely N-dealkylation sites (N-methyl/N-ethyl adjacent to an activating group) is 1. The lowest BCUT2D eigenvalue weighted by Gasteiger charge is -2.19. The highest BCUT2D eigenvalue weighted by Gasteiger charge is 2.33. The van der Waals surface area contributed by atoms with Crippen LogP contribution in [0.4, 0.5) is 0 Å². The molecule has 0 aliphatic carbocycles. The Balaban J connectivity index is 1.55. The Kier molecular flexibility index (Phi) is 6.24. The van der Waals surface area contributed by atoms with Crippen LogP contribution in [-0.2, 0) is 16.1 Å². The molecule has 142 valence electrons. The van der Waals surface area contributed by atoms with E-state index >= 15 is 0 Å². The topological polar surface area (TPSA) is 52.6 Å². The van der Waals surface area contributed by atoms with Gasteiger partial charge >= 0.3 is 0 Å². The van der Waals surface area contributed by atoms with E-state index in [1.165, 1.54) is 0 Å². The third-order valence-electron chi connectivity index (χ3n) is 4.90. The first kappa shape index (κ1) is 19.1. The van der Waals surface area contributed by atoms with E-state index in [-0.39, 0.29) is 17.7 Å². The van der Waals surface area contributed by atoms with Crippen molar-refractivity contribution in [1.82, 2.24) is 15.1 Å². The summed E-state index contributed by atoms with van der Waals surface area (Å²) in [5.74, 6) is -0.221. The van der Waals surface area contributed by atoms with Gasteiger partial charge in [-0.3, -0.25) is 9.59 Å². The molecule has 0 radical (unpaired) electrons. The molecule has 1 heterocycles. The molecule has 2 amide bonds. The SMILES string of the molecule is CN(C)CCN1C[C@@H](C(=O)NCc2cccc(-c3ccccc3)c2)CC1=O. The number of carbonyl (C=O) groups excluding carboxylic acids is 2. The molecule has 0 bridgehead atoms. The summed E-state index contributed by atoms with van der Waals surface area (Å²) >= 11 is 0. The summed E-state index contributed by atoms with van der Waals surface area (Å²) in [6, 6.07) is 18.4. The van der Waals surface area contributed by atoms with E-state index in [4.69, 9.17) is 0 Å². The number of likely N-dealkylation sites (tertiary alicyclic amines) is 1. The number of nitrogens with one attached hydrogen (secondary N) is 1. The molecule has 1 saturated heterocycles. The van der Waals surface area contributed by atoms with Crippen LogP contribution >= 0.6 is 0 Å². The van der Waals surface area contributed by atoms with E-state index in [1.54, 1.807) is 4.90 Å². The standard InChI is InChI=1S/C22H27N3O2/c1-24(2)11-12-25-16-20(14-21(25)26)22(27)23-15-17-7-6-10-19(13-17)18-8-4-3-5-9-18/h3-10,13,20H,11-12,14-16H2,1-2H3,(H,23,27)/t20-/m0/s1. The minimum Gasteiger partial charge on any atom is -0.352 e. The molecule has 2 aromatic rings. The number of rotatable bonds is 7. The minimum atomic E-state index is -0.253. The summed E-state index contributed by atoms with van der Waals surface area (Å²) in [5.41, 5.74) is 3.34. The molecule has 1 atom stereocenters. The van der Waals surface area contributed by atoms with E-state index in [1.807, 2.05) is 49.3 Å². The molecule has 0 saturated carbocycles. The third-order valence-corrected chi connectivity index (χ3v) is 4.90. The van der Waals surface area contributed by atoms with Crippen molar-refractivity contribution in [3.05, 3.63) is 60.2 Å². The molecule has 0 spiro atoms. The van der Waals surface area contributed by atoms with Crippen LogP contribution in [0, 0.1) is 5.92 Å². The average molecular weight is 365 g/mol. The Labute approximate surface area is 161 Å². The predicted octanol–water partition coefficient (Wildman–Crippen LogP) is 2.38. The summed E-state index contributed by atoms with van der Waals surface area (Å²) in [5, 5.41) is 3.00. The maximum Gasteiger partial charge on any atom is 0.225 e. The number of benzene rings is 2. The van der Waals surface area contributed by atoms with Gasteiger partial charge in [-0.05, 0) is 36.9 Å². The maximum absolute atomic E-state index is 12.5. The van der Waals surface area contributed by atoms with E-state index < -0.39 is 0 Å². The zero-order valence-electron chi connectivity index (χ0n) is 16.0. The molecule has 5 nitrogen and oxygen atoms in total. The number of hydrogen-bond donors (Lipinski definition) is 1. The zero-order valence-corrected chi connectivity index (χ0v) is 16.0. The summed E-state index contributed by atoms with van der Waals surface area (Å²) < 4.78 is 0. The number of hydrogen-bond acceptors (Lipinski definition) is 3. The van der Waals surface area contributed by atoms with Crippen LogP contribution in [0.3, 0.4) is 0 Å². The Hall–Kier alpha value is -2.66. The van der Waals surface area contributed by atoms with E-state index in [0.29, 0.717) is 26.1 Å². The van der Waals surface area contributed by atoms with Crippen LogP contribution in [0.5, 0.6) is 0 Å². The van der Waals surface area contributed by atoms with Crippen molar-refractivity contribution in [2.45, 2.75) is 13.0 Å². The highest BCUT2D eigenvalue weighted by Crippen LogP contribution is 2.21. The third kappa shape index (κ3) is 5.17. The molecule has 0 unspecified atom stereocenters. The quantitative estimate of drug-likeness (QED) is 0.820. The highest BCUT2D eigenvalue weighted by molar-refractivity contribution is 5.89. The lowest BCUT2D eigenvalue weighted by Crippen LogP contribution is -2.35. The highest BCUT2D eigenvalue weighted by atomic mass is 16.2. The first-order chi connectivity index (χ1) is 13.0. The summed E-state index contributed by atoms with van der Waals surface area (Å²) in [6.45, 7) is 2.48. The summed E-state index contributed by atoms with van der Waals surface area (Å²) in [4.78, 5) is 28.4. The Morgan fingerprint density at radius 2 is 1.85 bits per heavy atom. The van der Waals surface area contributed by atoms with Gasteiger partial charge in [0.25, 0.3) is 0 Å². The van der Waals surface area contributed by atoms with Crippen molar-refractivity contribution in [3.63, 3.8) is 0 Å². The van der Waals surface area contributed by atoms with Gasteiger partial charge in [0.05, 0.1) is 5.92 Å². The van der Waals surface area contributed by atoms with Gasteiger partial charge in [-0.15, -0.1) is 0 Å².